The molecule has 0 saturated carbocycles. The summed E-state index contributed by atoms with van der Waals surface area (Å²) in [5.41, 5.74) is 5.51. The summed E-state index contributed by atoms with van der Waals surface area (Å²) in [6.45, 7) is 8.48. The number of aryl methyl sites for hydroxylation is 1. The number of nitrogens with two attached hydrogens (primary N) is 1. The molecule has 7 heteroatoms. The lowest BCUT2D eigenvalue weighted by molar-refractivity contribution is -0.0463. The molecule has 1 atom stereocenters. The molecular formula is C12H24N6O. The Morgan fingerprint density at radius 2 is 2.26 bits per heavy atom. The fourth-order valence-corrected chi connectivity index (χ4v) is 2.30. The van der Waals surface area contributed by atoms with E-state index >= 15 is 0 Å². The first-order chi connectivity index (χ1) is 9.22. The van der Waals surface area contributed by atoms with Crippen molar-refractivity contribution < 1.29 is 4.74 Å². The summed E-state index contributed by atoms with van der Waals surface area (Å²) in [5, 5.41) is 12.0. The lowest BCUT2D eigenvalue weighted by Crippen LogP contribution is -2.43. The zero-order chi connectivity index (χ0) is 13.7. The van der Waals surface area contributed by atoms with Crippen LogP contribution in [0.1, 0.15) is 38.6 Å². The van der Waals surface area contributed by atoms with Crippen LogP contribution >= 0.6 is 0 Å². The van der Waals surface area contributed by atoms with Gasteiger partial charge >= 0.3 is 0 Å². The molecule has 1 aliphatic heterocycles. The molecule has 1 aromatic heterocycles. The lowest BCUT2D eigenvalue weighted by atomic mass is 10.2. The molecule has 0 spiro atoms. The number of hydrogen-bond donors (Lipinski definition) is 1. The third-order valence-electron chi connectivity index (χ3n) is 3.50. The molecule has 1 saturated heterocycles. The van der Waals surface area contributed by atoms with E-state index < -0.39 is 0 Å². The summed E-state index contributed by atoms with van der Waals surface area (Å²) in [7, 11) is 0. The second kappa shape index (κ2) is 6.93. The third kappa shape index (κ3) is 3.71. The van der Waals surface area contributed by atoms with Crippen LogP contribution in [-0.4, -0.2) is 57.4 Å². The van der Waals surface area contributed by atoms with E-state index in [1.807, 2.05) is 4.68 Å². The molecule has 1 unspecified atom stereocenters. The van der Waals surface area contributed by atoms with Crippen molar-refractivity contribution in [3.8, 4) is 0 Å². The Labute approximate surface area is 114 Å². The molecule has 1 aliphatic rings. The molecule has 0 bridgehead atoms. The number of morpholine rings is 1. The van der Waals surface area contributed by atoms with Gasteiger partial charge in [-0.1, -0.05) is 0 Å². The van der Waals surface area contributed by atoms with E-state index in [2.05, 4.69) is 34.3 Å². The van der Waals surface area contributed by atoms with Gasteiger partial charge in [-0.15, -0.1) is 5.10 Å². The Bertz CT molecular complexity index is 380. The van der Waals surface area contributed by atoms with Gasteiger partial charge in [0.1, 0.15) is 6.10 Å². The quantitative estimate of drug-likeness (QED) is 0.742. The molecule has 1 fully saturated rings. The van der Waals surface area contributed by atoms with Crippen LogP contribution in [0.5, 0.6) is 0 Å². The van der Waals surface area contributed by atoms with Gasteiger partial charge in [0.05, 0.1) is 6.61 Å². The number of unbranched alkanes of at least 4 members (excludes halogenated alkanes) is 1. The molecule has 108 valence electrons. The summed E-state index contributed by atoms with van der Waals surface area (Å²) >= 11 is 0. The first-order valence-electron chi connectivity index (χ1n) is 7.04. The van der Waals surface area contributed by atoms with Gasteiger partial charge in [0.15, 0.2) is 5.82 Å². The van der Waals surface area contributed by atoms with Gasteiger partial charge in [-0.05, 0) is 43.7 Å². The van der Waals surface area contributed by atoms with Crippen molar-refractivity contribution in [3.63, 3.8) is 0 Å². The number of aromatic nitrogens is 4. The Hall–Kier alpha value is -1.05. The van der Waals surface area contributed by atoms with Gasteiger partial charge in [0, 0.05) is 25.7 Å². The molecule has 0 aromatic carbocycles. The van der Waals surface area contributed by atoms with E-state index in [4.69, 9.17) is 10.5 Å². The molecule has 19 heavy (non-hydrogen) atoms. The molecule has 0 amide bonds. The van der Waals surface area contributed by atoms with Gasteiger partial charge in [-0.25, -0.2) is 4.68 Å². The highest BCUT2D eigenvalue weighted by molar-refractivity contribution is 4.92. The summed E-state index contributed by atoms with van der Waals surface area (Å²) in [4.78, 5) is 2.40. The topological polar surface area (TPSA) is 82.1 Å². The molecule has 7 nitrogen and oxygen atoms in total. The van der Waals surface area contributed by atoms with Crippen molar-refractivity contribution >= 4 is 0 Å². The van der Waals surface area contributed by atoms with Crippen LogP contribution in [0.3, 0.4) is 0 Å². The van der Waals surface area contributed by atoms with Crippen molar-refractivity contribution in [2.45, 2.75) is 45.4 Å². The molecule has 0 aliphatic carbocycles. The predicted molar refractivity (Wildman–Crippen MR) is 71.5 cm³/mol. The maximum Gasteiger partial charge on any atom is 0.181 e. The minimum atomic E-state index is -0.0240. The van der Waals surface area contributed by atoms with Crippen LogP contribution in [0, 0.1) is 0 Å². The Balaban J connectivity index is 1.98. The van der Waals surface area contributed by atoms with Crippen molar-refractivity contribution in [2.24, 2.45) is 5.73 Å². The molecule has 2 N–H and O–H groups in total. The normalized spacial score (nSPS) is 21.2. The summed E-state index contributed by atoms with van der Waals surface area (Å²) in [6.07, 6.45) is 1.96. The van der Waals surface area contributed by atoms with Gasteiger partial charge in [0.25, 0.3) is 0 Å². The van der Waals surface area contributed by atoms with Crippen LogP contribution in [0.15, 0.2) is 0 Å². The second-order valence-corrected chi connectivity index (χ2v) is 5.20. The van der Waals surface area contributed by atoms with E-state index in [0.29, 0.717) is 12.6 Å². The van der Waals surface area contributed by atoms with Gasteiger partial charge in [-0.3, -0.25) is 4.90 Å². The van der Waals surface area contributed by atoms with E-state index in [1.54, 1.807) is 0 Å². The minimum absolute atomic E-state index is 0.0240. The lowest BCUT2D eigenvalue weighted by Gasteiger charge is -2.34. The van der Waals surface area contributed by atoms with Crippen molar-refractivity contribution in [1.29, 1.82) is 0 Å². The van der Waals surface area contributed by atoms with E-state index in [0.717, 1.165) is 44.9 Å². The SMILES string of the molecule is CC(C)N1CCOC(c2nnnn2CCCCN)C1. The number of hydrogen-bond acceptors (Lipinski definition) is 6. The number of tetrazole rings is 1. The van der Waals surface area contributed by atoms with Crippen LogP contribution in [-0.2, 0) is 11.3 Å². The highest BCUT2D eigenvalue weighted by Gasteiger charge is 2.27. The van der Waals surface area contributed by atoms with Gasteiger partial charge < -0.3 is 10.5 Å². The van der Waals surface area contributed by atoms with Crippen molar-refractivity contribution in [3.05, 3.63) is 5.82 Å². The highest BCUT2D eigenvalue weighted by Crippen LogP contribution is 2.21. The van der Waals surface area contributed by atoms with Gasteiger partial charge in [0.2, 0.25) is 0 Å². The van der Waals surface area contributed by atoms with E-state index in [1.165, 1.54) is 0 Å². The largest absolute Gasteiger partial charge is 0.367 e. The molecule has 2 rings (SSSR count). The van der Waals surface area contributed by atoms with Crippen molar-refractivity contribution in [1.82, 2.24) is 25.1 Å². The monoisotopic (exact) mass is 268 g/mol. The van der Waals surface area contributed by atoms with Gasteiger partial charge in [-0.2, -0.15) is 0 Å². The average molecular weight is 268 g/mol. The van der Waals surface area contributed by atoms with Crippen LogP contribution in [0.4, 0.5) is 0 Å². The zero-order valence-corrected chi connectivity index (χ0v) is 11.8. The smallest absolute Gasteiger partial charge is 0.181 e. The minimum Gasteiger partial charge on any atom is -0.367 e. The number of rotatable bonds is 6. The maximum atomic E-state index is 5.82. The van der Waals surface area contributed by atoms with E-state index in [9.17, 15) is 0 Å². The van der Waals surface area contributed by atoms with Crippen molar-refractivity contribution in [2.75, 3.05) is 26.2 Å². The average Bonchev–Trinajstić information content (AvgIpc) is 2.87. The molecular weight excluding hydrogens is 244 g/mol. The standard InChI is InChI=1S/C12H24N6O/c1-10(2)17-7-8-19-11(9-17)12-14-15-16-18(12)6-4-3-5-13/h10-11H,3-9,13H2,1-2H3. The van der Waals surface area contributed by atoms with E-state index in [-0.39, 0.29) is 6.10 Å². The molecule has 0 radical (unpaired) electrons. The Morgan fingerprint density at radius 1 is 1.42 bits per heavy atom. The maximum absolute atomic E-state index is 5.82. The molecule has 1 aromatic rings. The van der Waals surface area contributed by atoms with Crippen LogP contribution in [0.2, 0.25) is 0 Å². The zero-order valence-electron chi connectivity index (χ0n) is 11.8. The Morgan fingerprint density at radius 3 is 3.00 bits per heavy atom. The fourth-order valence-electron chi connectivity index (χ4n) is 2.30. The first-order valence-corrected chi connectivity index (χ1v) is 7.04. The van der Waals surface area contributed by atoms with Crippen LogP contribution < -0.4 is 5.73 Å². The predicted octanol–water partition coefficient (Wildman–Crippen LogP) is 0.194. The Kier molecular flexibility index (Phi) is 5.24. The summed E-state index contributed by atoms with van der Waals surface area (Å²) < 4.78 is 7.67. The first kappa shape index (κ1) is 14.4. The number of nitrogens with zero attached hydrogens (tertiary/aromatic N) is 5. The second-order valence-electron chi connectivity index (χ2n) is 5.20. The highest BCUT2D eigenvalue weighted by atomic mass is 16.5. The molecule has 2 heterocycles. The summed E-state index contributed by atoms with van der Waals surface area (Å²) in [5.74, 6) is 0.836. The fraction of sp³-hybridized carbons (Fsp3) is 0.917. The summed E-state index contributed by atoms with van der Waals surface area (Å²) in [6, 6.07) is 0.521. The number of ether oxygens (including phenoxy) is 1. The van der Waals surface area contributed by atoms with Crippen LogP contribution in [0.25, 0.3) is 0 Å². The third-order valence-corrected chi connectivity index (χ3v) is 3.50.